The molecule has 0 unspecified atom stereocenters. The summed E-state index contributed by atoms with van der Waals surface area (Å²) in [6, 6.07) is 38.3. The second kappa shape index (κ2) is 26.8. The van der Waals surface area contributed by atoms with Crippen LogP contribution in [0.3, 0.4) is 0 Å². The van der Waals surface area contributed by atoms with Crippen LogP contribution in [0.25, 0.3) is 0 Å². The Hall–Kier alpha value is -6.92. The maximum absolute atomic E-state index is 13.2. The number of nitrogens with one attached hydrogen (secondary N) is 3. The van der Waals surface area contributed by atoms with Gasteiger partial charge in [0, 0.05) is 62.3 Å². The van der Waals surface area contributed by atoms with E-state index in [1.165, 1.54) is 48.5 Å². The van der Waals surface area contributed by atoms with Crippen molar-refractivity contribution in [1.82, 2.24) is 0 Å². The molecule has 0 heterocycles. The summed E-state index contributed by atoms with van der Waals surface area (Å²) < 4.78 is 44.0. The highest BCUT2D eigenvalue weighted by Gasteiger charge is 2.27. The van der Waals surface area contributed by atoms with Crippen LogP contribution in [0.15, 0.2) is 169 Å². The molecule has 0 saturated carbocycles. The fourth-order valence-corrected chi connectivity index (χ4v) is 9.05. The number of anilines is 3. The summed E-state index contributed by atoms with van der Waals surface area (Å²) in [6.07, 6.45) is -0.625. The third-order valence-electron chi connectivity index (χ3n) is 8.04. The van der Waals surface area contributed by atoms with Gasteiger partial charge in [-0.1, -0.05) is 49.6 Å². The molecule has 16 nitrogen and oxygen atoms in total. The van der Waals surface area contributed by atoms with Crippen molar-refractivity contribution in [3.63, 3.8) is 0 Å². The van der Waals surface area contributed by atoms with Gasteiger partial charge in [-0.15, -0.1) is 23.5 Å². The molecule has 0 bridgehead atoms. The van der Waals surface area contributed by atoms with Crippen molar-refractivity contribution in [3.05, 3.63) is 159 Å². The average molecular weight is 974 g/mol. The minimum atomic E-state index is -3.76. The van der Waals surface area contributed by atoms with Gasteiger partial charge in [0.25, 0.3) is 0 Å². The Morgan fingerprint density at radius 1 is 0.500 bits per heavy atom. The fourth-order valence-electron chi connectivity index (χ4n) is 5.05. The zero-order chi connectivity index (χ0) is 47.0. The van der Waals surface area contributed by atoms with E-state index in [9.17, 15) is 24.0 Å². The number of benzene rings is 5. The maximum Gasteiger partial charge on any atom is 0.490 e. The molecular weight excluding hydrogens is 930 g/mol. The molecule has 344 valence electrons. The molecule has 0 aromatic heterocycles. The summed E-state index contributed by atoms with van der Waals surface area (Å²) in [5.41, 5.74) is 1.12. The molecule has 20 heteroatoms. The zero-order valence-electron chi connectivity index (χ0n) is 35.1. The van der Waals surface area contributed by atoms with Crippen LogP contribution in [0.2, 0.25) is 0 Å². The molecule has 5 aromatic rings. The highest BCUT2D eigenvalue weighted by Crippen LogP contribution is 2.50. The van der Waals surface area contributed by atoms with Crippen molar-refractivity contribution in [2.45, 2.75) is 15.9 Å². The Morgan fingerprint density at radius 3 is 1.18 bits per heavy atom. The summed E-state index contributed by atoms with van der Waals surface area (Å²) in [5, 5.41) is 7.88. The number of ether oxygens (including phenoxy) is 5. The van der Waals surface area contributed by atoms with Gasteiger partial charge in [0.2, 0.25) is 0 Å². The molecule has 3 amide bonds. The summed E-state index contributed by atoms with van der Waals surface area (Å²) >= 11 is 9.08. The minimum Gasteiger partial charge on any atom is -0.459 e. The number of amides is 3. The van der Waals surface area contributed by atoms with Crippen molar-refractivity contribution >= 4 is 89.3 Å². The third kappa shape index (κ3) is 18.7. The molecule has 5 aromatic carbocycles. The number of rotatable bonds is 24. The van der Waals surface area contributed by atoms with Gasteiger partial charge in [-0.3, -0.25) is 16.0 Å². The number of esters is 2. The van der Waals surface area contributed by atoms with E-state index in [1.807, 2.05) is 60.7 Å². The van der Waals surface area contributed by atoms with Crippen molar-refractivity contribution in [1.29, 1.82) is 0 Å². The van der Waals surface area contributed by atoms with Crippen LogP contribution in [0, 0.1) is 0 Å². The van der Waals surface area contributed by atoms with E-state index < -0.39 is 43.0 Å². The standard InChI is InChI=1S/C46H44N3O13PS3/c1-3-42(50)55-27-29-57-44(52)47-33-15-21-36(22-16-33)60-63(64,61-37-23-17-34(18-24-37)48-45(53)58-30-28-56-43(51)4-2)62-38-25-19-35(20-26-38)49-46(54)59-39(31-65-40-11-7-5-8-12-40)32-66-41-13-9-6-10-14-41/h3-26,39H,1-2,27-32H2,(H,47,52)(H,48,53)(H,49,54). The van der Waals surface area contributed by atoms with E-state index in [0.717, 1.165) is 21.9 Å². The van der Waals surface area contributed by atoms with Crippen LogP contribution in [0.1, 0.15) is 0 Å². The molecule has 0 radical (unpaired) electrons. The van der Waals surface area contributed by atoms with Gasteiger partial charge >= 0.3 is 36.9 Å². The zero-order valence-corrected chi connectivity index (χ0v) is 38.4. The summed E-state index contributed by atoms with van der Waals surface area (Å²) in [6.45, 7) is 2.19. The first kappa shape index (κ1) is 50.1. The van der Waals surface area contributed by atoms with Gasteiger partial charge in [0.15, 0.2) is 0 Å². The second-order valence-electron chi connectivity index (χ2n) is 13.0. The minimum absolute atomic E-state index is 0.145. The van der Waals surface area contributed by atoms with Crippen molar-refractivity contribution in [2.24, 2.45) is 0 Å². The topological polar surface area (TPSA) is 195 Å². The van der Waals surface area contributed by atoms with E-state index >= 15 is 0 Å². The highest BCUT2D eigenvalue weighted by molar-refractivity contribution is 8.08. The lowest BCUT2D eigenvalue weighted by Gasteiger charge is -2.23. The molecule has 0 fully saturated rings. The van der Waals surface area contributed by atoms with Crippen molar-refractivity contribution in [2.75, 3.05) is 53.9 Å². The fraction of sp³-hybridized carbons (Fsp3) is 0.152. The largest absolute Gasteiger partial charge is 0.490 e. The quantitative estimate of drug-likeness (QED) is 0.0132. The van der Waals surface area contributed by atoms with Crippen LogP contribution in [-0.4, -0.2) is 74.3 Å². The van der Waals surface area contributed by atoms with E-state index in [-0.39, 0.29) is 43.7 Å². The first-order valence-electron chi connectivity index (χ1n) is 19.8. The van der Waals surface area contributed by atoms with Gasteiger partial charge in [-0.25, -0.2) is 24.0 Å². The molecule has 0 aliphatic carbocycles. The van der Waals surface area contributed by atoms with Crippen molar-refractivity contribution < 1.29 is 61.2 Å². The molecule has 0 aliphatic rings. The van der Waals surface area contributed by atoms with Crippen molar-refractivity contribution in [3.8, 4) is 17.2 Å². The molecule has 0 atom stereocenters. The molecule has 5 rings (SSSR count). The molecule has 0 spiro atoms. The second-order valence-corrected chi connectivity index (χ2v) is 17.9. The first-order chi connectivity index (χ1) is 32.0. The molecular formula is C46H44N3O13PS3. The molecule has 0 aliphatic heterocycles. The van der Waals surface area contributed by atoms with E-state index in [2.05, 4.69) is 29.1 Å². The Balaban J connectivity index is 1.23. The van der Waals surface area contributed by atoms with Gasteiger partial charge in [-0.05, 0) is 97.1 Å². The number of hydrogen-bond donors (Lipinski definition) is 3. The Kier molecular flexibility index (Phi) is 20.3. The number of carbonyl (C=O) groups is 5. The summed E-state index contributed by atoms with van der Waals surface area (Å²) in [5.74, 6) is 0.487. The highest BCUT2D eigenvalue weighted by atomic mass is 32.5. The lowest BCUT2D eigenvalue weighted by atomic mass is 10.3. The predicted molar refractivity (Wildman–Crippen MR) is 256 cm³/mol. The molecule has 0 saturated heterocycles. The van der Waals surface area contributed by atoms with Crippen LogP contribution >= 0.6 is 30.2 Å². The lowest BCUT2D eigenvalue weighted by molar-refractivity contribution is -0.139. The third-order valence-corrected chi connectivity index (χ3v) is 12.3. The van der Waals surface area contributed by atoms with Crippen LogP contribution in [-0.2, 0) is 45.1 Å². The number of carbonyl (C=O) groups excluding carboxylic acids is 5. The number of thioether (sulfide) groups is 2. The van der Waals surface area contributed by atoms with Crippen LogP contribution < -0.4 is 29.5 Å². The van der Waals surface area contributed by atoms with E-state index in [1.54, 1.807) is 47.8 Å². The van der Waals surface area contributed by atoms with Gasteiger partial charge in [-0.2, -0.15) is 0 Å². The summed E-state index contributed by atoms with van der Waals surface area (Å²) in [7, 11) is 0. The van der Waals surface area contributed by atoms with Crippen LogP contribution in [0.5, 0.6) is 17.2 Å². The SMILES string of the molecule is C=CC(=O)OCCOC(=O)Nc1ccc(OP(=S)(Oc2ccc(NC(=O)OCCOC(=O)C=C)cc2)Oc2ccc(NC(=O)OC(CSc3ccccc3)CSc3ccccc3)cc2)cc1. The van der Waals surface area contributed by atoms with Gasteiger partial charge < -0.3 is 37.3 Å². The molecule has 66 heavy (non-hydrogen) atoms. The Bertz CT molecular complexity index is 2300. The monoisotopic (exact) mass is 973 g/mol. The van der Waals surface area contributed by atoms with E-state index in [0.29, 0.717) is 28.6 Å². The summed E-state index contributed by atoms with van der Waals surface area (Å²) in [4.78, 5) is 62.2. The normalized spacial score (nSPS) is 10.6. The van der Waals surface area contributed by atoms with Gasteiger partial charge in [0.05, 0.1) is 0 Å². The predicted octanol–water partition coefficient (Wildman–Crippen LogP) is 10.5. The smallest absolute Gasteiger partial charge is 0.459 e. The maximum atomic E-state index is 13.2. The van der Waals surface area contributed by atoms with E-state index in [4.69, 9.17) is 49.1 Å². The Morgan fingerprint density at radius 2 is 0.833 bits per heavy atom. The van der Waals surface area contributed by atoms with Crippen LogP contribution in [0.4, 0.5) is 31.4 Å². The number of hydrogen-bond acceptors (Lipinski definition) is 16. The average Bonchev–Trinajstić information content (AvgIpc) is 3.32. The first-order valence-corrected chi connectivity index (χ1v) is 24.3. The van der Waals surface area contributed by atoms with Gasteiger partial charge in [0.1, 0.15) is 49.8 Å². The lowest BCUT2D eigenvalue weighted by Crippen LogP contribution is -2.26. The molecule has 3 N–H and O–H groups in total. The Labute approximate surface area is 394 Å².